The van der Waals surface area contributed by atoms with Gasteiger partial charge in [-0.2, -0.15) is 0 Å². The van der Waals surface area contributed by atoms with E-state index in [0.717, 1.165) is 53.6 Å². The molecule has 2 aromatic heterocycles. The predicted octanol–water partition coefficient (Wildman–Crippen LogP) is 3.85. The van der Waals surface area contributed by atoms with Crippen LogP contribution in [0.15, 0.2) is 53.3 Å². The lowest BCUT2D eigenvalue weighted by Crippen LogP contribution is -2.36. The highest BCUT2D eigenvalue weighted by atomic mass is 16.4. The third-order valence-electron chi connectivity index (χ3n) is 6.75. The van der Waals surface area contributed by atoms with Crippen LogP contribution in [0.25, 0.3) is 22.5 Å². The fourth-order valence-corrected chi connectivity index (χ4v) is 5.02. The van der Waals surface area contributed by atoms with E-state index in [0.29, 0.717) is 30.8 Å². The topological polar surface area (TPSA) is 119 Å². The quantitative estimate of drug-likeness (QED) is 0.402. The standard InChI is InChI=1S/C26H28N6O3/c1-2-3-9-22-21(25(33)32-23(26(34)35)10-6-15-31(22)32)16-17-11-13-18(14-12-17)19-7-4-5-8-20(19)24-27-29-30-28-24/h4-5,7-8,11-14,23H,2-3,6,9-10,15-16H2,1H3,(H,34,35)(H,27,28,29,30). The first kappa shape index (κ1) is 22.8. The lowest BCUT2D eigenvalue weighted by Gasteiger charge is -2.25. The predicted molar refractivity (Wildman–Crippen MR) is 131 cm³/mol. The van der Waals surface area contributed by atoms with Crippen LogP contribution >= 0.6 is 0 Å². The molecule has 3 heterocycles. The summed E-state index contributed by atoms with van der Waals surface area (Å²) in [6.45, 7) is 2.81. The van der Waals surface area contributed by atoms with Crippen molar-refractivity contribution in [3.8, 4) is 22.5 Å². The first-order chi connectivity index (χ1) is 17.1. The molecule has 1 aliphatic heterocycles. The highest BCUT2D eigenvalue weighted by Gasteiger charge is 2.31. The number of benzene rings is 2. The minimum atomic E-state index is -0.941. The van der Waals surface area contributed by atoms with E-state index in [4.69, 9.17) is 0 Å². The summed E-state index contributed by atoms with van der Waals surface area (Å²) < 4.78 is 3.42. The zero-order valence-electron chi connectivity index (χ0n) is 19.6. The molecule has 9 nitrogen and oxygen atoms in total. The van der Waals surface area contributed by atoms with E-state index >= 15 is 0 Å². The van der Waals surface area contributed by atoms with E-state index in [2.05, 4.69) is 27.5 Å². The Morgan fingerprint density at radius 3 is 2.60 bits per heavy atom. The van der Waals surface area contributed by atoms with Gasteiger partial charge >= 0.3 is 5.97 Å². The van der Waals surface area contributed by atoms with Crippen molar-refractivity contribution in [2.45, 2.75) is 58.0 Å². The molecule has 0 bridgehead atoms. The average molecular weight is 473 g/mol. The van der Waals surface area contributed by atoms with Crippen LogP contribution in [-0.4, -0.2) is 41.1 Å². The van der Waals surface area contributed by atoms with Crippen molar-refractivity contribution in [1.29, 1.82) is 0 Å². The summed E-state index contributed by atoms with van der Waals surface area (Å²) >= 11 is 0. The summed E-state index contributed by atoms with van der Waals surface area (Å²) in [4.78, 5) is 25.3. The van der Waals surface area contributed by atoms with Crippen LogP contribution in [0.4, 0.5) is 0 Å². The van der Waals surface area contributed by atoms with Gasteiger partial charge in [-0.3, -0.25) is 9.48 Å². The lowest BCUT2D eigenvalue weighted by molar-refractivity contribution is -0.142. The Morgan fingerprint density at radius 2 is 1.91 bits per heavy atom. The molecule has 0 saturated carbocycles. The molecule has 0 amide bonds. The summed E-state index contributed by atoms with van der Waals surface area (Å²) in [6.07, 6.45) is 4.47. The van der Waals surface area contributed by atoms with Crippen molar-refractivity contribution in [2.24, 2.45) is 0 Å². The van der Waals surface area contributed by atoms with Gasteiger partial charge in [0.25, 0.3) is 5.56 Å². The molecule has 4 aromatic rings. The number of hydrogen-bond donors (Lipinski definition) is 2. The third-order valence-corrected chi connectivity index (χ3v) is 6.75. The maximum atomic E-state index is 13.4. The number of hydrogen-bond acceptors (Lipinski definition) is 5. The molecule has 2 aromatic carbocycles. The van der Waals surface area contributed by atoms with Crippen molar-refractivity contribution in [1.82, 2.24) is 30.0 Å². The number of H-pyrrole nitrogens is 1. The summed E-state index contributed by atoms with van der Waals surface area (Å²) in [6, 6.07) is 15.3. The number of fused-ring (bicyclic) bond motifs is 1. The fourth-order valence-electron chi connectivity index (χ4n) is 5.02. The number of carboxylic acids is 1. The summed E-state index contributed by atoms with van der Waals surface area (Å²) in [5.74, 6) is -0.338. The molecule has 35 heavy (non-hydrogen) atoms. The molecule has 180 valence electrons. The highest BCUT2D eigenvalue weighted by Crippen LogP contribution is 2.30. The number of rotatable bonds is 8. The Hall–Kier alpha value is -4.01. The summed E-state index contributed by atoms with van der Waals surface area (Å²) in [5, 5.41) is 23.9. The fraction of sp³-hybridized carbons (Fsp3) is 0.346. The van der Waals surface area contributed by atoms with Gasteiger partial charge in [-0.25, -0.2) is 14.6 Å². The smallest absolute Gasteiger partial charge is 0.328 e. The Balaban J connectivity index is 1.49. The van der Waals surface area contributed by atoms with Crippen LogP contribution < -0.4 is 5.56 Å². The molecule has 0 saturated heterocycles. The van der Waals surface area contributed by atoms with E-state index in [1.54, 1.807) is 0 Å². The third kappa shape index (κ3) is 4.29. The van der Waals surface area contributed by atoms with Crippen molar-refractivity contribution >= 4 is 5.97 Å². The second-order valence-electron chi connectivity index (χ2n) is 8.97. The first-order valence-corrected chi connectivity index (χ1v) is 12.1. The number of nitrogens with zero attached hydrogens (tertiary/aromatic N) is 5. The van der Waals surface area contributed by atoms with Crippen LogP contribution in [-0.2, 0) is 24.2 Å². The van der Waals surface area contributed by atoms with Gasteiger partial charge in [0.1, 0.15) is 0 Å². The van der Waals surface area contributed by atoms with Gasteiger partial charge in [-0.15, -0.1) is 5.10 Å². The van der Waals surface area contributed by atoms with Crippen LogP contribution in [0.5, 0.6) is 0 Å². The Kier molecular flexibility index (Phi) is 6.31. The number of aliphatic carboxylic acids is 1. The number of aromatic amines is 1. The molecule has 0 fully saturated rings. The van der Waals surface area contributed by atoms with Crippen LogP contribution in [0.2, 0.25) is 0 Å². The van der Waals surface area contributed by atoms with E-state index in [1.807, 2.05) is 53.2 Å². The molecular weight excluding hydrogens is 444 g/mol. The largest absolute Gasteiger partial charge is 0.480 e. The molecule has 9 heteroatoms. The highest BCUT2D eigenvalue weighted by molar-refractivity contribution is 5.80. The van der Waals surface area contributed by atoms with Crippen LogP contribution in [0.1, 0.15) is 55.5 Å². The van der Waals surface area contributed by atoms with Gasteiger partial charge in [0.15, 0.2) is 11.9 Å². The molecule has 0 spiro atoms. The van der Waals surface area contributed by atoms with Gasteiger partial charge in [0.05, 0.1) is 0 Å². The minimum Gasteiger partial charge on any atom is -0.480 e. The van der Waals surface area contributed by atoms with E-state index in [9.17, 15) is 14.7 Å². The number of nitrogens with one attached hydrogen (secondary N) is 1. The van der Waals surface area contributed by atoms with Crippen molar-refractivity contribution < 1.29 is 9.90 Å². The number of carbonyl (C=O) groups is 1. The van der Waals surface area contributed by atoms with Gasteiger partial charge in [-0.05, 0) is 52.8 Å². The second-order valence-corrected chi connectivity index (χ2v) is 8.97. The Labute approximate surface area is 202 Å². The molecular formula is C26H28N6O3. The van der Waals surface area contributed by atoms with Gasteiger partial charge in [0.2, 0.25) is 0 Å². The molecule has 1 unspecified atom stereocenters. The first-order valence-electron chi connectivity index (χ1n) is 12.1. The maximum absolute atomic E-state index is 13.4. The zero-order valence-corrected chi connectivity index (χ0v) is 19.6. The van der Waals surface area contributed by atoms with Crippen molar-refractivity contribution in [2.75, 3.05) is 0 Å². The van der Waals surface area contributed by atoms with Crippen LogP contribution in [0, 0.1) is 0 Å². The van der Waals surface area contributed by atoms with E-state index < -0.39 is 12.0 Å². The molecule has 1 aliphatic rings. The maximum Gasteiger partial charge on any atom is 0.328 e. The van der Waals surface area contributed by atoms with E-state index in [1.165, 1.54) is 4.68 Å². The van der Waals surface area contributed by atoms with E-state index in [-0.39, 0.29) is 5.56 Å². The van der Waals surface area contributed by atoms with Crippen LogP contribution in [0.3, 0.4) is 0 Å². The Morgan fingerprint density at radius 1 is 1.14 bits per heavy atom. The summed E-state index contributed by atoms with van der Waals surface area (Å²) in [5.41, 5.74) is 5.47. The van der Waals surface area contributed by atoms with Gasteiger partial charge in [0, 0.05) is 29.8 Å². The zero-order chi connectivity index (χ0) is 24.4. The number of aromatic nitrogens is 6. The Bertz CT molecular complexity index is 1390. The second kappa shape index (κ2) is 9.69. The SMILES string of the molecule is CCCCc1c(Cc2ccc(-c3ccccc3-c3nnn[nH]3)cc2)c(=O)n2n1CCCC2C(=O)O. The number of unbranched alkanes of at least 4 members (excludes halogenated alkanes) is 1. The molecule has 2 N–H and O–H groups in total. The molecule has 0 aliphatic carbocycles. The monoisotopic (exact) mass is 472 g/mol. The van der Waals surface area contributed by atoms with Gasteiger partial charge < -0.3 is 5.11 Å². The molecule has 1 atom stereocenters. The van der Waals surface area contributed by atoms with Crippen molar-refractivity contribution in [3.63, 3.8) is 0 Å². The average Bonchev–Trinajstić information content (AvgIpc) is 3.51. The molecule has 5 rings (SSSR count). The molecule has 0 radical (unpaired) electrons. The van der Waals surface area contributed by atoms with Gasteiger partial charge in [-0.1, -0.05) is 61.9 Å². The normalized spacial score (nSPS) is 15.2. The number of tetrazole rings is 1. The lowest BCUT2D eigenvalue weighted by atomic mass is 9.96. The summed E-state index contributed by atoms with van der Waals surface area (Å²) in [7, 11) is 0. The van der Waals surface area contributed by atoms with Crippen molar-refractivity contribution in [3.05, 3.63) is 75.7 Å². The number of carboxylic acid groups (broad SMARTS) is 1. The minimum absolute atomic E-state index is 0.171.